The van der Waals surface area contributed by atoms with Gasteiger partial charge < -0.3 is 5.32 Å². The minimum atomic E-state index is -0.564. The molecule has 4 aliphatic carbocycles. The SMILES string of the molecule is CC(C)[C@@H](NC(=O)C12CC3CC(CC(C3)C1)C2)C(=O)Nc1ncn[nH]1. The molecule has 4 aliphatic rings. The number of hydrogen-bond acceptors (Lipinski definition) is 4. The van der Waals surface area contributed by atoms with Crippen molar-refractivity contribution in [2.24, 2.45) is 29.1 Å². The number of nitrogens with one attached hydrogen (secondary N) is 3. The van der Waals surface area contributed by atoms with Crippen LogP contribution < -0.4 is 10.6 Å². The van der Waals surface area contributed by atoms with Gasteiger partial charge in [0.1, 0.15) is 12.4 Å². The smallest absolute Gasteiger partial charge is 0.249 e. The summed E-state index contributed by atoms with van der Waals surface area (Å²) in [5.41, 5.74) is -0.242. The topological polar surface area (TPSA) is 99.8 Å². The van der Waals surface area contributed by atoms with Gasteiger partial charge in [-0.25, -0.2) is 5.10 Å². The number of carbonyl (C=O) groups excluding carboxylic acids is 2. The highest BCUT2D eigenvalue weighted by Crippen LogP contribution is 2.60. The Hall–Kier alpha value is -1.92. The molecule has 0 aliphatic heterocycles. The van der Waals surface area contributed by atoms with Crippen LogP contribution >= 0.6 is 0 Å². The first-order chi connectivity index (χ1) is 11.9. The van der Waals surface area contributed by atoms with Crippen LogP contribution in [0.25, 0.3) is 0 Å². The maximum absolute atomic E-state index is 13.2. The van der Waals surface area contributed by atoms with Crippen molar-refractivity contribution in [2.45, 2.75) is 58.4 Å². The van der Waals surface area contributed by atoms with E-state index in [1.165, 1.54) is 25.6 Å². The van der Waals surface area contributed by atoms with Crippen LogP contribution in [-0.2, 0) is 9.59 Å². The second-order valence-corrected chi connectivity index (χ2v) is 8.72. The van der Waals surface area contributed by atoms with E-state index in [9.17, 15) is 9.59 Å². The number of amides is 2. The summed E-state index contributed by atoms with van der Waals surface area (Å²) >= 11 is 0. The summed E-state index contributed by atoms with van der Waals surface area (Å²) in [4.78, 5) is 29.7. The van der Waals surface area contributed by atoms with Crippen LogP contribution in [0.5, 0.6) is 0 Å². The molecular formula is C18H27N5O2. The number of H-pyrrole nitrogens is 1. The molecule has 7 nitrogen and oxygen atoms in total. The lowest BCUT2D eigenvalue weighted by Gasteiger charge is -2.55. The Morgan fingerprint density at radius 2 is 1.76 bits per heavy atom. The second-order valence-electron chi connectivity index (χ2n) is 8.72. The molecule has 1 heterocycles. The molecule has 1 atom stereocenters. The Kier molecular flexibility index (Phi) is 4.04. The van der Waals surface area contributed by atoms with Crippen molar-refractivity contribution < 1.29 is 9.59 Å². The summed E-state index contributed by atoms with van der Waals surface area (Å²) in [6, 6.07) is -0.564. The zero-order chi connectivity index (χ0) is 17.6. The lowest BCUT2D eigenvalue weighted by Crippen LogP contribution is -2.57. The van der Waals surface area contributed by atoms with Crippen molar-refractivity contribution in [1.82, 2.24) is 20.5 Å². The molecule has 0 unspecified atom stereocenters. The average molecular weight is 345 g/mol. The van der Waals surface area contributed by atoms with Crippen LogP contribution in [0.1, 0.15) is 52.4 Å². The molecular weight excluding hydrogens is 318 g/mol. The van der Waals surface area contributed by atoms with E-state index < -0.39 is 6.04 Å². The van der Waals surface area contributed by atoms with Gasteiger partial charge in [-0.3, -0.25) is 14.9 Å². The number of carbonyl (C=O) groups is 2. The molecule has 136 valence electrons. The van der Waals surface area contributed by atoms with Gasteiger partial charge in [-0.2, -0.15) is 10.1 Å². The van der Waals surface area contributed by atoms with E-state index >= 15 is 0 Å². The van der Waals surface area contributed by atoms with Gasteiger partial charge in [0.05, 0.1) is 0 Å². The van der Waals surface area contributed by atoms with Crippen LogP contribution in [0.4, 0.5) is 5.95 Å². The summed E-state index contributed by atoms with van der Waals surface area (Å²) < 4.78 is 0. The lowest BCUT2D eigenvalue weighted by molar-refractivity contribution is -0.148. The van der Waals surface area contributed by atoms with Gasteiger partial charge in [-0.05, 0) is 62.2 Å². The van der Waals surface area contributed by atoms with Gasteiger partial charge in [-0.1, -0.05) is 13.8 Å². The highest BCUT2D eigenvalue weighted by atomic mass is 16.2. The Labute approximate surface area is 147 Å². The zero-order valence-electron chi connectivity index (χ0n) is 14.9. The van der Waals surface area contributed by atoms with E-state index in [-0.39, 0.29) is 23.1 Å². The highest BCUT2D eigenvalue weighted by Gasteiger charge is 2.55. The first-order valence-corrected chi connectivity index (χ1v) is 9.42. The van der Waals surface area contributed by atoms with E-state index in [1.807, 2.05) is 13.8 Å². The van der Waals surface area contributed by atoms with Crippen LogP contribution in [-0.4, -0.2) is 33.0 Å². The van der Waals surface area contributed by atoms with Crippen molar-refractivity contribution in [2.75, 3.05) is 5.32 Å². The second kappa shape index (κ2) is 6.11. The largest absolute Gasteiger partial charge is 0.344 e. The number of hydrogen-bond donors (Lipinski definition) is 3. The zero-order valence-corrected chi connectivity index (χ0v) is 14.9. The van der Waals surface area contributed by atoms with E-state index in [2.05, 4.69) is 25.8 Å². The van der Waals surface area contributed by atoms with Crippen molar-refractivity contribution in [3.63, 3.8) is 0 Å². The molecule has 3 N–H and O–H groups in total. The maximum Gasteiger partial charge on any atom is 0.249 e. The van der Waals surface area contributed by atoms with Gasteiger partial charge in [0, 0.05) is 5.41 Å². The molecule has 0 aromatic carbocycles. The molecule has 4 fully saturated rings. The first kappa shape index (κ1) is 16.5. The van der Waals surface area contributed by atoms with Gasteiger partial charge in [0.2, 0.25) is 17.8 Å². The first-order valence-electron chi connectivity index (χ1n) is 9.42. The van der Waals surface area contributed by atoms with Crippen LogP contribution in [0.3, 0.4) is 0 Å². The number of anilines is 1. The van der Waals surface area contributed by atoms with Gasteiger partial charge >= 0.3 is 0 Å². The van der Waals surface area contributed by atoms with Crippen molar-refractivity contribution >= 4 is 17.8 Å². The predicted octanol–water partition coefficient (Wildman–Crippen LogP) is 2.10. The third-order valence-corrected chi connectivity index (χ3v) is 6.41. The predicted molar refractivity (Wildman–Crippen MR) is 92.4 cm³/mol. The molecule has 1 aromatic heterocycles. The Balaban J connectivity index is 1.47. The van der Waals surface area contributed by atoms with E-state index in [4.69, 9.17) is 0 Å². The van der Waals surface area contributed by atoms with Crippen molar-refractivity contribution in [3.05, 3.63) is 6.33 Å². The molecule has 4 saturated carbocycles. The quantitative estimate of drug-likeness (QED) is 0.761. The van der Waals surface area contributed by atoms with Gasteiger partial charge in [0.15, 0.2) is 0 Å². The fraction of sp³-hybridized carbons (Fsp3) is 0.778. The molecule has 1 aromatic rings. The summed E-state index contributed by atoms with van der Waals surface area (Å²) in [5.74, 6) is 2.26. The molecule has 5 rings (SSSR count). The van der Waals surface area contributed by atoms with E-state index in [1.54, 1.807) is 0 Å². The van der Waals surface area contributed by atoms with Gasteiger partial charge in [-0.15, -0.1) is 0 Å². The normalized spacial score (nSPS) is 34.1. The van der Waals surface area contributed by atoms with Crippen molar-refractivity contribution in [1.29, 1.82) is 0 Å². The lowest BCUT2D eigenvalue weighted by atomic mass is 9.49. The monoisotopic (exact) mass is 345 g/mol. The Morgan fingerprint density at radius 3 is 2.24 bits per heavy atom. The maximum atomic E-state index is 13.2. The van der Waals surface area contributed by atoms with E-state index in [0.717, 1.165) is 19.3 Å². The van der Waals surface area contributed by atoms with Crippen LogP contribution in [0.2, 0.25) is 0 Å². The third-order valence-electron chi connectivity index (χ3n) is 6.41. The number of aromatic amines is 1. The summed E-state index contributed by atoms with van der Waals surface area (Å²) in [6.07, 6.45) is 8.23. The minimum absolute atomic E-state index is 0.000726. The molecule has 7 heteroatoms. The minimum Gasteiger partial charge on any atom is -0.344 e. The molecule has 2 amide bonds. The summed E-state index contributed by atoms with van der Waals surface area (Å²) in [6.45, 7) is 3.90. The number of nitrogens with zero attached hydrogens (tertiary/aromatic N) is 2. The Bertz CT molecular complexity index is 619. The fourth-order valence-corrected chi connectivity index (χ4v) is 5.68. The van der Waals surface area contributed by atoms with Crippen molar-refractivity contribution in [3.8, 4) is 0 Å². The average Bonchev–Trinajstić information content (AvgIpc) is 3.03. The number of aromatic nitrogens is 3. The number of rotatable bonds is 5. The summed E-state index contributed by atoms with van der Waals surface area (Å²) in [7, 11) is 0. The third kappa shape index (κ3) is 3.04. The highest BCUT2D eigenvalue weighted by molar-refractivity contribution is 5.97. The molecule has 4 bridgehead atoms. The van der Waals surface area contributed by atoms with Gasteiger partial charge in [0.25, 0.3) is 0 Å². The van der Waals surface area contributed by atoms with Crippen LogP contribution in [0, 0.1) is 29.1 Å². The standard InChI is InChI=1S/C18H27N5O2/c1-10(2)14(15(24)22-17-19-9-20-23-17)21-16(25)18-6-11-3-12(7-18)5-13(4-11)8-18/h9-14H,3-8H2,1-2H3,(H,21,25)(H2,19,20,22,23,24)/t11?,12?,13?,14-,18?/m1/s1. The Morgan fingerprint density at radius 1 is 1.16 bits per heavy atom. The fourth-order valence-electron chi connectivity index (χ4n) is 5.68. The van der Waals surface area contributed by atoms with Crippen LogP contribution in [0.15, 0.2) is 6.33 Å². The molecule has 0 saturated heterocycles. The van der Waals surface area contributed by atoms with E-state index in [0.29, 0.717) is 23.7 Å². The molecule has 0 radical (unpaired) electrons. The molecule has 0 spiro atoms. The summed E-state index contributed by atoms with van der Waals surface area (Å²) in [5, 5.41) is 12.1. The molecule has 25 heavy (non-hydrogen) atoms.